The molecule has 0 aliphatic heterocycles. The van der Waals surface area contributed by atoms with Crippen molar-refractivity contribution in [1.29, 1.82) is 0 Å². The van der Waals surface area contributed by atoms with E-state index in [1.807, 2.05) is 0 Å². The summed E-state index contributed by atoms with van der Waals surface area (Å²) < 4.78 is 6.12. The minimum Gasteiger partial charge on any atom is -0.491 e. The van der Waals surface area contributed by atoms with Gasteiger partial charge < -0.3 is 9.84 Å². The predicted octanol–water partition coefficient (Wildman–Crippen LogP) is 4.76. The summed E-state index contributed by atoms with van der Waals surface area (Å²) in [5.74, 6) is -0.690. The molecule has 0 saturated carbocycles. The number of hydrogen-bond acceptors (Lipinski definition) is 2. The Morgan fingerprint density at radius 1 is 1.39 bits per heavy atom. The van der Waals surface area contributed by atoms with Gasteiger partial charge in [-0.2, -0.15) is 0 Å². The average molecular weight is 336 g/mol. The van der Waals surface area contributed by atoms with Gasteiger partial charge in [-0.3, -0.25) is 0 Å². The van der Waals surface area contributed by atoms with Gasteiger partial charge in [0.1, 0.15) is 11.3 Å². The number of rotatable bonds is 7. The summed E-state index contributed by atoms with van der Waals surface area (Å²) in [6.07, 6.45) is 4.33. The molecule has 0 atom stereocenters. The number of ether oxygens (including phenoxy) is 1. The molecule has 0 aromatic heterocycles. The monoisotopic (exact) mass is 334 g/mol. The topological polar surface area (TPSA) is 46.5 Å². The van der Waals surface area contributed by atoms with Gasteiger partial charge in [0.2, 0.25) is 0 Å². The van der Waals surface area contributed by atoms with Crippen LogP contribution in [-0.4, -0.2) is 17.7 Å². The molecule has 1 aromatic carbocycles. The summed E-state index contributed by atoms with van der Waals surface area (Å²) in [6, 6.07) is 3.03. The number of carbonyl (C=O) groups is 1. The molecule has 1 rings (SSSR count). The van der Waals surface area contributed by atoms with Crippen LogP contribution in [0.2, 0.25) is 5.02 Å². The molecule has 0 spiro atoms. The zero-order chi connectivity index (χ0) is 13.5. The lowest BCUT2D eigenvalue weighted by Gasteiger charge is -2.11. The van der Waals surface area contributed by atoms with Crippen molar-refractivity contribution in [1.82, 2.24) is 0 Å². The fourth-order valence-corrected chi connectivity index (χ4v) is 2.49. The predicted molar refractivity (Wildman–Crippen MR) is 75.7 cm³/mol. The van der Waals surface area contributed by atoms with E-state index in [9.17, 15) is 4.79 Å². The molecule has 0 radical (unpaired) electrons. The van der Waals surface area contributed by atoms with Crippen molar-refractivity contribution in [3.8, 4) is 5.75 Å². The van der Waals surface area contributed by atoms with Crippen LogP contribution >= 0.6 is 27.5 Å². The Morgan fingerprint density at radius 3 is 2.72 bits per heavy atom. The van der Waals surface area contributed by atoms with Crippen molar-refractivity contribution in [2.75, 3.05) is 6.61 Å². The molecule has 0 fully saturated rings. The molecule has 1 aromatic rings. The Balaban J connectivity index is 2.71. The van der Waals surface area contributed by atoms with E-state index in [1.54, 1.807) is 6.07 Å². The maximum absolute atomic E-state index is 11.1. The Labute approximate surface area is 120 Å². The first-order chi connectivity index (χ1) is 8.56. The summed E-state index contributed by atoms with van der Waals surface area (Å²) >= 11 is 9.10. The summed E-state index contributed by atoms with van der Waals surface area (Å²) in [6.45, 7) is 2.65. The van der Waals surface area contributed by atoms with Gasteiger partial charge in [0.05, 0.1) is 11.1 Å². The Bertz CT molecular complexity index is 421. The highest BCUT2D eigenvalue weighted by molar-refractivity contribution is 9.10. The van der Waals surface area contributed by atoms with E-state index in [0.29, 0.717) is 21.9 Å². The number of carboxylic acid groups (broad SMARTS) is 1. The van der Waals surface area contributed by atoms with Crippen LogP contribution < -0.4 is 4.74 Å². The fraction of sp³-hybridized carbons (Fsp3) is 0.462. The minimum absolute atomic E-state index is 0.0878. The maximum atomic E-state index is 11.1. The summed E-state index contributed by atoms with van der Waals surface area (Å²) in [5.41, 5.74) is 0.0878. The quantitative estimate of drug-likeness (QED) is 0.731. The first-order valence-corrected chi connectivity index (χ1v) is 7.08. The second kappa shape index (κ2) is 7.64. The number of hydrogen-bond donors (Lipinski definition) is 1. The third kappa shape index (κ3) is 4.50. The normalized spacial score (nSPS) is 10.4. The zero-order valence-corrected chi connectivity index (χ0v) is 12.6. The summed E-state index contributed by atoms with van der Waals surface area (Å²) in [4.78, 5) is 11.1. The number of unbranched alkanes of at least 4 members (excludes halogenated alkanes) is 3. The lowest BCUT2D eigenvalue weighted by molar-refractivity contribution is 0.0692. The van der Waals surface area contributed by atoms with Crippen molar-refractivity contribution in [2.45, 2.75) is 32.6 Å². The van der Waals surface area contributed by atoms with Crippen molar-refractivity contribution >= 4 is 33.5 Å². The molecular formula is C13H16BrClO3. The SMILES string of the molecule is CCCCCCOc1c(Br)cc(Cl)cc1C(=O)O. The van der Waals surface area contributed by atoms with Crippen LogP contribution in [0, 0.1) is 0 Å². The van der Waals surface area contributed by atoms with Crippen LogP contribution in [0.15, 0.2) is 16.6 Å². The highest BCUT2D eigenvalue weighted by atomic mass is 79.9. The highest BCUT2D eigenvalue weighted by Gasteiger charge is 2.16. The van der Waals surface area contributed by atoms with E-state index in [-0.39, 0.29) is 5.56 Å². The van der Waals surface area contributed by atoms with Crippen LogP contribution in [0.25, 0.3) is 0 Å². The molecule has 5 heteroatoms. The number of benzene rings is 1. The van der Waals surface area contributed by atoms with Crippen LogP contribution in [0.3, 0.4) is 0 Å². The first kappa shape index (κ1) is 15.3. The van der Waals surface area contributed by atoms with Gasteiger partial charge in [-0.15, -0.1) is 0 Å². The van der Waals surface area contributed by atoms with E-state index in [1.165, 1.54) is 6.07 Å². The van der Waals surface area contributed by atoms with Gasteiger partial charge in [0.15, 0.2) is 0 Å². The van der Waals surface area contributed by atoms with Crippen molar-refractivity contribution in [3.63, 3.8) is 0 Å². The molecule has 0 aliphatic carbocycles. The molecule has 18 heavy (non-hydrogen) atoms. The lowest BCUT2D eigenvalue weighted by atomic mass is 10.2. The average Bonchev–Trinajstić information content (AvgIpc) is 2.30. The van der Waals surface area contributed by atoms with Gasteiger partial charge in [-0.25, -0.2) is 4.79 Å². The van der Waals surface area contributed by atoms with Gasteiger partial charge in [0, 0.05) is 5.02 Å². The molecular weight excluding hydrogens is 319 g/mol. The van der Waals surface area contributed by atoms with E-state index < -0.39 is 5.97 Å². The van der Waals surface area contributed by atoms with E-state index in [0.717, 1.165) is 25.7 Å². The molecule has 1 N–H and O–H groups in total. The standard InChI is InChI=1S/C13H16BrClO3/c1-2-3-4-5-6-18-12-10(13(16)17)7-9(15)8-11(12)14/h7-8H,2-6H2,1H3,(H,16,17). The number of halogens is 2. The minimum atomic E-state index is -1.04. The molecule has 3 nitrogen and oxygen atoms in total. The second-order valence-electron chi connectivity index (χ2n) is 3.98. The van der Waals surface area contributed by atoms with Crippen LogP contribution in [0.5, 0.6) is 5.75 Å². The van der Waals surface area contributed by atoms with E-state index in [4.69, 9.17) is 21.4 Å². The number of aromatic carboxylic acids is 1. The molecule has 100 valence electrons. The summed E-state index contributed by atoms with van der Waals surface area (Å²) in [7, 11) is 0. The van der Waals surface area contributed by atoms with Crippen LogP contribution in [-0.2, 0) is 0 Å². The molecule has 0 bridgehead atoms. The van der Waals surface area contributed by atoms with Gasteiger partial charge in [-0.1, -0.05) is 37.8 Å². The largest absolute Gasteiger partial charge is 0.491 e. The Morgan fingerprint density at radius 2 is 2.11 bits per heavy atom. The van der Waals surface area contributed by atoms with Crippen molar-refractivity contribution in [2.24, 2.45) is 0 Å². The van der Waals surface area contributed by atoms with Crippen molar-refractivity contribution in [3.05, 3.63) is 27.2 Å². The molecule has 0 heterocycles. The van der Waals surface area contributed by atoms with Crippen LogP contribution in [0.1, 0.15) is 43.0 Å². The fourth-order valence-electron chi connectivity index (χ4n) is 1.57. The third-order valence-electron chi connectivity index (χ3n) is 2.48. The van der Waals surface area contributed by atoms with E-state index in [2.05, 4.69) is 22.9 Å². The molecule has 0 unspecified atom stereocenters. The van der Waals surface area contributed by atoms with Crippen LogP contribution in [0.4, 0.5) is 0 Å². The third-order valence-corrected chi connectivity index (χ3v) is 3.29. The lowest BCUT2D eigenvalue weighted by Crippen LogP contribution is -2.05. The van der Waals surface area contributed by atoms with Gasteiger partial charge >= 0.3 is 5.97 Å². The van der Waals surface area contributed by atoms with E-state index >= 15 is 0 Å². The van der Waals surface area contributed by atoms with Crippen molar-refractivity contribution < 1.29 is 14.6 Å². The first-order valence-electron chi connectivity index (χ1n) is 5.91. The molecule has 0 saturated heterocycles. The van der Waals surface area contributed by atoms with Gasteiger partial charge in [0.25, 0.3) is 0 Å². The Kier molecular flexibility index (Phi) is 6.50. The highest BCUT2D eigenvalue weighted by Crippen LogP contribution is 2.33. The van der Waals surface area contributed by atoms with Gasteiger partial charge in [-0.05, 0) is 34.5 Å². The maximum Gasteiger partial charge on any atom is 0.339 e. The zero-order valence-electron chi connectivity index (χ0n) is 10.2. The molecule has 0 aliphatic rings. The smallest absolute Gasteiger partial charge is 0.339 e. The number of carboxylic acids is 1. The Hall–Kier alpha value is -0.740. The second-order valence-corrected chi connectivity index (χ2v) is 5.27. The summed E-state index contributed by atoms with van der Waals surface area (Å²) in [5, 5.41) is 9.47. The molecule has 0 amide bonds.